The second-order valence-electron chi connectivity index (χ2n) is 4.75. The number of carbonyl (C=O) groups excluding carboxylic acids is 1. The first-order valence-electron chi connectivity index (χ1n) is 6.12. The van der Waals surface area contributed by atoms with Gasteiger partial charge in [0, 0.05) is 14.9 Å². The molecule has 1 aromatic rings. The second kappa shape index (κ2) is 6.77. The molecule has 100 valence electrons. The van der Waals surface area contributed by atoms with Gasteiger partial charge < -0.3 is 10.6 Å². The summed E-state index contributed by atoms with van der Waals surface area (Å²) in [6.07, 6.45) is 2.06. The third-order valence-corrected chi connectivity index (χ3v) is 3.74. The maximum absolute atomic E-state index is 11.6. The van der Waals surface area contributed by atoms with Crippen molar-refractivity contribution in [3.63, 3.8) is 0 Å². The largest absolute Gasteiger partial charge is 0.351 e. The van der Waals surface area contributed by atoms with E-state index in [1.165, 1.54) is 11.3 Å². The van der Waals surface area contributed by atoms with E-state index in [1.807, 2.05) is 17.5 Å². The molecular weight excluding hydrogens is 232 g/mol. The van der Waals surface area contributed by atoms with Crippen LogP contribution in [0.15, 0.2) is 17.5 Å². The third-order valence-electron chi connectivity index (χ3n) is 2.87. The van der Waals surface area contributed by atoms with E-state index in [2.05, 4.69) is 31.4 Å². The normalized spacial score (nSPS) is 11.5. The van der Waals surface area contributed by atoms with Gasteiger partial charge in [-0.1, -0.05) is 13.0 Å². The van der Waals surface area contributed by atoms with Gasteiger partial charge in [-0.25, -0.2) is 0 Å². The van der Waals surface area contributed by atoms with Gasteiger partial charge in [-0.2, -0.15) is 0 Å². The molecule has 17 heavy (non-hydrogen) atoms. The first-order valence-corrected chi connectivity index (χ1v) is 7.00. The fourth-order valence-corrected chi connectivity index (χ4v) is 1.98. The van der Waals surface area contributed by atoms with Crippen molar-refractivity contribution in [3.8, 4) is 0 Å². The summed E-state index contributed by atoms with van der Waals surface area (Å²) in [6.45, 7) is 8.22. The van der Waals surface area contributed by atoms with Crippen LogP contribution >= 0.6 is 11.3 Å². The van der Waals surface area contributed by atoms with Crippen LogP contribution in [-0.2, 0) is 0 Å². The van der Waals surface area contributed by atoms with E-state index >= 15 is 0 Å². The molecule has 0 bridgehead atoms. The summed E-state index contributed by atoms with van der Waals surface area (Å²) in [5, 5.41) is 8.31. The lowest BCUT2D eigenvalue weighted by Gasteiger charge is -2.24. The SMILES string of the molecule is CCC(C)(C)NCCCNC(=O)c1cccs1.[HH].[HH]. The van der Waals surface area contributed by atoms with Gasteiger partial charge in [0.1, 0.15) is 0 Å². The summed E-state index contributed by atoms with van der Waals surface area (Å²) in [5.41, 5.74) is 0.192. The molecule has 4 heteroatoms. The Labute approximate surface area is 111 Å². The van der Waals surface area contributed by atoms with Crippen molar-refractivity contribution in [3.05, 3.63) is 22.4 Å². The van der Waals surface area contributed by atoms with Gasteiger partial charge in [-0.15, -0.1) is 11.3 Å². The Morgan fingerprint density at radius 2 is 2.24 bits per heavy atom. The topological polar surface area (TPSA) is 41.1 Å². The minimum absolute atomic E-state index is 0. The Morgan fingerprint density at radius 3 is 2.82 bits per heavy atom. The fourth-order valence-electron chi connectivity index (χ4n) is 1.34. The zero-order valence-electron chi connectivity index (χ0n) is 10.9. The van der Waals surface area contributed by atoms with Crippen LogP contribution in [0.5, 0.6) is 0 Å². The molecule has 1 amide bonds. The fraction of sp³-hybridized carbons (Fsp3) is 0.615. The summed E-state index contributed by atoms with van der Waals surface area (Å²) < 4.78 is 0. The lowest BCUT2D eigenvalue weighted by Crippen LogP contribution is -2.40. The van der Waals surface area contributed by atoms with E-state index < -0.39 is 0 Å². The average Bonchev–Trinajstić information content (AvgIpc) is 2.82. The van der Waals surface area contributed by atoms with Gasteiger partial charge in [0.2, 0.25) is 0 Å². The first kappa shape index (κ1) is 14.2. The third kappa shape index (κ3) is 5.33. The highest BCUT2D eigenvalue weighted by atomic mass is 32.1. The van der Waals surface area contributed by atoms with E-state index in [4.69, 9.17) is 0 Å². The highest BCUT2D eigenvalue weighted by molar-refractivity contribution is 7.12. The van der Waals surface area contributed by atoms with E-state index in [1.54, 1.807) is 0 Å². The van der Waals surface area contributed by atoms with Gasteiger partial charge >= 0.3 is 0 Å². The molecule has 0 aliphatic heterocycles. The second-order valence-corrected chi connectivity index (χ2v) is 5.70. The monoisotopic (exact) mass is 258 g/mol. The number of hydrogen-bond acceptors (Lipinski definition) is 3. The maximum Gasteiger partial charge on any atom is 0.261 e. The molecule has 3 nitrogen and oxygen atoms in total. The number of thiophene rings is 1. The van der Waals surface area contributed by atoms with Crippen LogP contribution in [0.4, 0.5) is 0 Å². The summed E-state index contributed by atoms with van der Waals surface area (Å²) in [7, 11) is 0. The molecule has 1 aromatic heterocycles. The highest BCUT2D eigenvalue weighted by Gasteiger charge is 2.12. The van der Waals surface area contributed by atoms with Crippen molar-refractivity contribution in [1.82, 2.24) is 10.6 Å². The van der Waals surface area contributed by atoms with Crippen molar-refractivity contribution in [2.45, 2.75) is 39.2 Å². The molecule has 0 aromatic carbocycles. The molecule has 2 N–H and O–H groups in total. The van der Waals surface area contributed by atoms with Gasteiger partial charge in [-0.05, 0) is 44.7 Å². The molecule has 0 aliphatic rings. The molecule has 0 radical (unpaired) electrons. The standard InChI is InChI=1S/C13H22N2OS.2H2/c1-4-13(2,3)15-9-6-8-14-12(16)11-7-5-10-17-11;;/h5,7,10,15H,4,6,8-9H2,1-3H3,(H,14,16);2*1H. The van der Waals surface area contributed by atoms with Crippen molar-refractivity contribution in [2.24, 2.45) is 0 Å². The van der Waals surface area contributed by atoms with Crippen LogP contribution in [-0.4, -0.2) is 24.5 Å². The Hall–Kier alpha value is -0.870. The Balaban J connectivity index is 0. The number of amides is 1. The summed E-state index contributed by atoms with van der Waals surface area (Å²) in [5.74, 6) is 0.0368. The predicted molar refractivity (Wildman–Crippen MR) is 77.9 cm³/mol. The van der Waals surface area contributed by atoms with Crippen LogP contribution in [0.3, 0.4) is 0 Å². The Bertz CT molecular complexity index is 342. The molecule has 0 aliphatic carbocycles. The lowest BCUT2D eigenvalue weighted by atomic mass is 10.0. The van der Waals surface area contributed by atoms with Crippen molar-refractivity contribution in [2.75, 3.05) is 13.1 Å². The molecule has 0 atom stereocenters. The maximum atomic E-state index is 11.6. The smallest absolute Gasteiger partial charge is 0.261 e. The van der Waals surface area contributed by atoms with E-state index in [-0.39, 0.29) is 14.3 Å². The van der Waals surface area contributed by atoms with Crippen LogP contribution in [0.2, 0.25) is 0 Å². The molecule has 0 saturated carbocycles. The summed E-state index contributed by atoms with van der Waals surface area (Å²) in [6, 6.07) is 3.74. The molecule has 0 fully saturated rings. The number of nitrogens with one attached hydrogen (secondary N) is 2. The molecule has 1 heterocycles. The van der Waals surface area contributed by atoms with Gasteiger partial charge in [-0.3, -0.25) is 4.79 Å². The minimum Gasteiger partial charge on any atom is -0.351 e. The summed E-state index contributed by atoms with van der Waals surface area (Å²) >= 11 is 1.48. The van der Waals surface area contributed by atoms with Crippen LogP contribution in [0, 0.1) is 0 Å². The number of carbonyl (C=O) groups is 1. The van der Waals surface area contributed by atoms with Crippen molar-refractivity contribution < 1.29 is 7.65 Å². The predicted octanol–water partition coefficient (Wildman–Crippen LogP) is 3.14. The molecular formula is C13H26N2OS. The van der Waals surface area contributed by atoms with E-state index in [9.17, 15) is 4.79 Å². The quantitative estimate of drug-likeness (QED) is 0.738. The molecule has 0 unspecified atom stereocenters. The molecule has 0 spiro atoms. The summed E-state index contributed by atoms with van der Waals surface area (Å²) in [4.78, 5) is 12.4. The zero-order valence-corrected chi connectivity index (χ0v) is 11.7. The molecule has 1 rings (SSSR count). The zero-order chi connectivity index (χ0) is 12.7. The van der Waals surface area contributed by atoms with Gasteiger partial charge in [0.15, 0.2) is 0 Å². The number of hydrogen-bond donors (Lipinski definition) is 2. The van der Waals surface area contributed by atoms with Crippen LogP contribution < -0.4 is 10.6 Å². The van der Waals surface area contributed by atoms with Gasteiger partial charge in [0.05, 0.1) is 4.88 Å². The first-order chi connectivity index (χ1) is 8.05. The highest BCUT2D eigenvalue weighted by Crippen LogP contribution is 2.08. The van der Waals surface area contributed by atoms with E-state index in [0.29, 0.717) is 0 Å². The van der Waals surface area contributed by atoms with Crippen LogP contribution in [0.1, 0.15) is 46.1 Å². The average molecular weight is 258 g/mol. The molecule has 0 saturated heterocycles. The van der Waals surface area contributed by atoms with Crippen LogP contribution in [0.25, 0.3) is 0 Å². The van der Waals surface area contributed by atoms with Crippen molar-refractivity contribution in [1.29, 1.82) is 0 Å². The minimum atomic E-state index is 0. The Morgan fingerprint density at radius 1 is 1.47 bits per heavy atom. The van der Waals surface area contributed by atoms with Gasteiger partial charge in [0.25, 0.3) is 5.91 Å². The van der Waals surface area contributed by atoms with Crippen molar-refractivity contribution >= 4 is 17.2 Å². The van der Waals surface area contributed by atoms with E-state index in [0.717, 1.165) is 30.8 Å². The lowest BCUT2D eigenvalue weighted by molar-refractivity contribution is 0.0957. The number of rotatable bonds is 7. The Kier molecular flexibility index (Phi) is 5.65.